The van der Waals surface area contributed by atoms with E-state index >= 15 is 0 Å². The van der Waals surface area contributed by atoms with Gasteiger partial charge in [-0.05, 0) is 29.8 Å². The van der Waals surface area contributed by atoms with E-state index in [-0.39, 0.29) is 30.9 Å². The van der Waals surface area contributed by atoms with Crippen LogP contribution in [0.1, 0.15) is 30.9 Å². The van der Waals surface area contributed by atoms with E-state index in [9.17, 15) is 14.4 Å². The number of nitrogens with one attached hydrogen (secondary N) is 1. The highest BCUT2D eigenvalue weighted by Gasteiger charge is 2.27. The molecule has 1 aliphatic heterocycles. The number of esters is 1. The fraction of sp³-hybridized carbons (Fsp3) is 0.238. The van der Waals surface area contributed by atoms with Crippen LogP contribution in [0.4, 0.5) is 5.69 Å². The molecule has 0 aromatic heterocycles. The highest BCUT2D eigenvalue weighted by Crippen LogP contribution is 2.22. The Hall–Kier alpha value is -3.19. The van der Waals surface area contributed by atoms with E-state index in [1.165, 1.54) is 12.1 Å². The van der Waals surface area contributed by atoms with Gasteiger partial charge in [0.1, 0.15) is 5.71 Å². The number of rotatable bonds is 6. The molecule has 1 unspecified atom stereocenters. The lowest BCUT2D eigenvalue weighted by Crippen LogP contribution is -2.40. The number of hydrogen-bond acceptors (Lipinski definition) is 5. The Morgan fingerprint density at radius 2 is 1.83 bits per heavy atom. The van der Waals surface area contributed by atoms with Gasteiger partial charge in [-0.15, -0.1) is 0 Å². The van der Waals surface area contributed by atoms with Gasteiger partial charge in [0.2, 0.25) is 5.91 Å². The minimum Gasteiger partial charge on any atom is -0.469 e. The van der Waals surface area contributed by atoms with E-state index in [1.807, 2.05) is 6.07 Å². The molecule has 0 spiro atoms. The average molecular weight is 414 g/mol. The Morgan fingerprint density at radius 3 is 2.48 bits per heavy atom. The van der Waals surface area contributed by atoms with Crippen LogP contribution in [-0.4, -0.2) is 30.6 Å². The number of ether oxygens (including phenoxy) is 1. The molecule has 2 aromatic rings. The number of halogens is 1. The van der Waals surface area contributed by atoms with Crippen molar-refractivity contribution in [2.75, 3.05) is 12.1 Å². The molecule has 0 radical (unpaired) electrons. The summed E-state index contributed by atoms with van der Waals surface area (Å²) in [5, 5.41) is 8.85. The van der Waals surface area contributed by atoms with Gasteiger partial charge in [0.05, 0.1) is 25.3 Å². The van der Waals surface area contributed by atoms with E-state index < -0.39 is 17.9 Å². The smallest absolute Gasteiger partial charge is 0.307 e. The summed E-state index contributed by atoms with van der Waals surface area (Å²) < 4.78 is 4.74. The molecule has 0 saturated heterocycles. The first-order valence-electron chi connectivity index (χ1n) is 9.06. The number of para-hydroxylation sites is 1. The first-order valence-corrected chi connectivity index (χ1v) is 9.44. The van der Waals surface area contributed by atoms with Crippen LogP contribution in [0.3, 0.4) is 0 Å². The number of nitrogens with zero attached hydrogens (tertiary/aromatic N) is 2. The number of anilines is 1. The third kappa shape index (κ3) is 5.20. The predicted octanol–water partition coefficient (Wildman–Crippen LogP) is 3.24. The second-order valence-electron chi connectivity index (χ2n) is 6.45. The summed E-state index contributed by atoms with van der Waals surface area (Å²) >= 11 is 5.93. The quantitative estimate of drug-likeness (QED) is 0.736. The van der Waals surface area contributed by atoms with Gasteiger partial charge in [-0.3, -0.25) is 14.4 Å². The topological polar surface area (TPSA) is 88.1 Å². The van der Waals surface area contributed by atoms with Gasteiger partial charge in [0, 0.05) is 17.9 Å². The molecule has 0 fully saturated rings. The largest absolute Gasteiger partial charge is 0.469 e. The normalized spacial score (nSPS) is 14.8. The van der Waals surface area contributed by atoms with Gasteiger partial charge in [-0.2, -0.15) is 5.10 Å². The van der Waals surface area contributed by atoms with E-state index in [0.29, 0.717) is 16.3 Å². The van der Waals surface area contributed by atoms with Crippen molar-refractivity contribution < 1.29 is 19.1 Å². The third-order valence-corrected chi connectivity index (χ3v) is 4.72. The maximum atomic E-state index is 12.8. The van der Waals surface area contributed by atoms with Crippen LogP contribution in [0.2, 0.25) is 5.02 Å². The van der Waals surface area contributed by atoms with Crippen molar-refractivity contribution in [1.82, 2.24) is 5.32 Å². The van der Waals surface area contributed by atoms with Gasteiger partial charge in [-0.1, -0.05) is 41.9 Å². The van der Waals surface area contributed by atoms with Crippen LogP contribution in [0.5, 0.6) is 0 Å². The summed E-state index contributed by atoms with van der Waals surface area (Å²) in [5.41, 5.74) is 1.52. The lowest BCUT2D eigenvalue weighted by molar-refractivity contribution is -0.141. The Kier molecular flexibility index (Phi) is 6.61. The van der Waals surface area contributed by atoms with Crippen molar-refractivity contribution in [1.29, 1.82) is 0 Å². The lowest BCUT2D eigenvalue weighted by Gasteiger charge is -2.24. The summed E-state index contributed by atoms with van der Waals surface area (Å²) in [6.07, 6.45) is 0.349. The molecule has 29 heavy (non-hydrogen) atoms. The molecule has 0 saturated carbocycles. The molecule has 8 heteroatoms. The number of methoxy groups -OCH3 is 1. The summed E-state index contributed by atoms with van der Waals surface area (Å²) in [6, 6.07) is 15.1. The predicted molar refractivity (Wildman–Crippen MR) is 110 cm³/mol. The highest BCUT2D eigenvalue weighted by atomic mass is 35.5. The molecule has 3 rings (SSSR count). The van der Waals surface area contributed by atoms with E-state index in [2.05, 4.69) is 10.4 Å². The molecule has 0 aliphatic carbocycles. The fourth-order valence-corrected chi connectivity index (χ4v) is 3.05. The van der Waals surface area contributed by atoms with Crippen LogP contribution in [0.15, 0.2) is 59.7 Å². The molecular weight excluding hydrogens is 394 g/mol. The van der Waals surface area contributed by atoms with Crippen molar-refractivity contribution in [3.05, 3.63) is 65.2 Å². The zero-order chi connectivity index (χ0) is 20.8. The Bertz CT molecular complexity index is 929. The zero-order valence-corrected chi connectivity index (χ0v) is 16.6. The number of hydrogen-bond donors (Lipinski definition) is 1. The van der Waals surface area contributed by atoms with Crippen LogP contribution < -0.4 is 10.3 Å². The average Bonchev–Trinajstić information content (AvgIpc) is 2.74. The van der Waals surface area contributed by atoms with Crippen molar-refractivity contribution in [2.45, 2.75) is 25.3 Å². The van der Waals surface area contributed by atoms with Crippen LogP contribution in [0.25, 0.3) is 0 Å². The van der Waals surface area contributed by atoms with Crippen LogP contribution in [0, 0.1) is 0 Å². The Balaban J connectivity index is 1.82. The molecule has 0 bridgehead atoms. The standard InChI is InChI=1S/C21H20ClN3O4/c1-29-20(27)13-18(14-7-9-15(22)10-8-14)23-21(28)17-11-12-19(26)25(24-17)16-5-3-2-4-6-16/h2-10,18H,11-13H2,1H3,(H,23,28). The molecular formula is C21H20ClN3O4. The molecule has 1 N–H and O–H groups in total. The second kappa shape index (κ2) is 9.34. The minimum absolute atomic E-state index is 0.0432. The molecule has 2 aromatic carbocycles. The van der Waals surface area contributed by atoms with Gasteiger partial charge in [0.25, 0.3) is 5.91 Å². The number of hydrazone groups is 1. The maximum absolute atomic E-state index is 12.8. The number of amides is 2. The maximum Gasteiger partial charge on any atom is 0.307 e. The highest BCUT2D eigenvalue weighted by molar-refractivity contribution is 6.40. The summed E-state index contributed by atoms with van der Waals surface area (Å²) in [5.74, 6) is -1.09. The van der Waals surface area contributed by atoms with Gasteiger partial charge >= 0.3 is 5.97 Å². The molecule has 2 amide bonds. The van der Waals surface area contributed by atoms with E-state index in [1.54, 1.807) is 48.5 Å². The SMILES string of the molecule is COC(=O)CC(NC(=O)C1=NN(c2ccccc2)C(=O)CC1)c1ccc(Cl)cc1. The molecule has 150 valence electrons. The third-order valence-electron chi connectivity index (χ3n) is 4.47. The number of carbonyl (C=O) groups is 3. The number of carbonyl (C=O) groups excluding carboxylic acids is 3. The van der Waals surface area contributed by atoms with Crippen molar-refractivity contribution in [3.8, 4) is 0 Å². The zero-order valence-electron chi connectivity index (χ0n) is 15.8. The first-order chi connectivity index (χ1) is 14.0. The van der Waals surface area contributed by atoms with Crippen LogP contribution in [-0.2, 0) is 19.1 Å². The van der Waals surface area contributed by atoms with Crippen molar-refractivity contribution in [3.63, 3.8) is 0 Å². The first kappa shape index (κ1) is 20.5. The lowest BCUT2D eigenvalue weighted by atomic mass is 10.0. The molecule has 7 nitrogen and oxygen atoms in total. The van der Waals surface area contributed by atoms with Gasteiger partial charge in [0.15, 0.2) is 0 Å². The number of benzene rings is 2. The summed E-state index contributed by atoms with van der Waals surface area (Å²) in [6.45, 7) is 0. The van der Waals surface area contributed by atoms with E-state index in [4.69, 9.17) is 16.3 Å². The summed E-state index contributed by atoms with van der Waals surface area (Å²) in [4.78, 5) is 36.9. The van der Waals surface area contributed by atoms with Crippen LogP contribution >= 0.6 is 11.6 Å². The Morgan fingerprint density at radius 1 is 1.14 bits per heavy atom. The summed E-state index contributed by atoms with van der Waals surface area (Å²) in [7, 11) is 1.29. The van der Waals surface area contributed by atoms with Gasteiger partial charge < -0.3 is 10.1 Å². The monoisotopic (exact) mass is 413 g/mol. The van der Waals surface area contributed by atoms with Gasteiger partial charge in [-0.25, -0.2) is 5.01 Å². The van der Waals surface area contributed by atoms with Crippen molar-refractivity contribution >= 4 is 40.8 Å². The molecule has 1 heterocycles. The molecule has 1 atom stereocenters. The molecule has 1 aliphatic rings. The second-order valence-corrected chi connectivity index (χ2v) is 6.88. The Labute approximate surface area is 173 Å². The van der Waals surface area contributed by atoms with Crippen molar-refractivity contribution in [2.24, 2.45) is 5.10 Å². The minimum atomic E-state index is -0.613. The van der Waals surface area contributed by atoms with E-state index in [0.717, 1.165) is 0 Å². The fourth-order valence-electron chi connectivity index (χ4n) is 2.93.